The first-order valence-electron chi connectivity index (χ1n) is 6.79. The average Bonchev–Trinajstić information content (AvgIpc) is 3.22. The molecular weight excluding hydrogens is 232 g/mol. The van der Waals surface area contributed by atoms with E-state index in [4.69, 9.17) is 9.84 Å². The van der Waals surface area contributed by atoms with Crippen LogP contribution in [0.4, 0.5) is 0 Å². The van der Waals surface area contributed by atoms with Crippen molar-refractivity contribution in [2.45, 2.75) is 39.5 Å². The zero-order chi connectivity index (χ0) is 13.7. The Balaban J connectivity index is 0.000000184. The molecule has 0 heterocycles. The lowest BCUT2D eigenvalue weighted by atomic mass is 10.2. The average molecular weight is 256 g/mol. The Labute approximate surface area is 109 Å². The first kappa shape index (κ1) is 15.2. The maximum absolute atomic E-state index is 11.0. The lowest BCUT2D eigenvalue weighted by Crippen LogP contribution is -2.09. The second-order valence-corrected chi connectivity index (χ2v) is 5.26. The second kappa shape index (κ2) is 6.88. The fourth-order valence-electron chi connectivity index (χ4n) is 2.34. The summed E-state index contributed by atoms with van der Waals surface area (Å²) >= 11 is 0. The van der Waals surface area contributed by atoms with Crippen molar-refractivity contribution in [2.24, 2.45) is 23.7 Å². The van der Waals surface area contributed by atoms with Crippen LogP contribution in [0, 0.1) is 23.7 Å². The van der Waals surface area contributed by atoms with Gasteiger partial charge in [0.05, 0.1) is 5.92 Å². The standard InChI is InChI=1S/C8H14O2.C6H10O2/c1-3-6-4-7(6)8(9)5-10-2;1-2-4-3-5(4)6(7)8/h6-7H,3-5H2,1-2H3;4-5H,2-3H2,1H3,(H,7,8). The highest BCUT2D eigenvalue weighted by molar-refractivity contribution is 5.84. The molecule has 2 saturated carbocycles. The summed E-state index contributed by atoms with van der Waals surface area (Å²) in [5.41, 5.74) is 0. The molecule has 4 atom stereocenters. The molecule has 0 aromatic rings. The van der Waals surface area contributed by atoms with Crippen LogP contribution in [0.5, 0.6) is 0 Å². The van der Waals surface area contributed by atoms with Gasteiger partial charge >= 0.3 is 5.97 Å². The van der Waals surface area contributed by atoms with Gasteiger partial charge in [-0.1, -0.05) is 26.7 Å². The van der Waals surface area contributed by atoms with E-state index in [2.05, 4.69) is 6.92 Å². The molecule has 0 radical (unpaired) electrons. The number of methoxy groups -OCH3 is 1. The van der Waals surface area contributed by atoms with Gasteiger partial charge in [-0.3, -0.25) is 9.59 Å². The maximum atomic E-state index is 11.0. The number of hydrogen-bond acceptors (Lipinski definition) is 3. The van der Waals surface area contributed by atoms with E-state index in [1.165, 1.54) is 0 Å². The lowest BCUT2D eigenvalue weighted by molar-refractivity contribution is -0.138. The van der Waals surface area contributed by atoms with Gasteiger partial charge in [0.2, 0.25) is 0 Å². The van der Waals surface area contributed by atoms with Crippen LogP contribution in [0.25, 0.3) is 0 Å². The van der Waals surface area contributed by atoms with Gasteiger partial charge in [-0.2, -0.15) is 0 Å². The van der Waals surface area contributed by atoms with Crippen molar-refractivity contribution >= 4 is 11.8 Å². The van der Waals surface area contributed by atoms with E-state index in [0.717, 1.165) is 25.7 Å². The molecule has 4 nitrogen and oxygen atoms in total. The van der Waals surface area contributed by atoms with Crippen LogP contribution < -0.4 is 0 Å². The molecule has 18 heavy (non-hydrogen) atoms. The number of ether oxygens (including phenoxy) is 1. The molecule has 0 bridgehead atoms. The zero-order valence-corrected chi connectivity index (χ0v) is 11.5. The summed E-state index contributed by atoms with van der Waals surface area (Å²) in [5, 5.41) is 8.35. The highest BCUT2D eigenvalue weighted by Gasteiger charge is 2.41. The third-order valence-electron chi connectivity index (χ3n) is 3.91. The molecule has 4 unspecified atom stereocenters. The molecule has 0 spiro atoms. The highest BCUT2D eigenvalue weighted by Crippen LogP contribution is 2.41. The first-order chi connectivity index (χ1) is 8.54. The van der Waals surface area contributed by atoms with Crippen LogP contribution in [0.3, 0.4) is 0 Å². The number of aliphatic carboxylic acids is 1. The predicted octanol–water partition coefficient (Wildman–Crippen LogP) is 2.37. The Morgan fingerprint density at radius 2 is 1.61 bits per heavy atom. The van der Waals surface area contributed by atoms with E-state index < -0.39 is 5.97 Å². The summed E-state index contributed by atoms with van der Waals surface area (Å²) < 4.78 is 4.75. The van der Waals surface area contributed by atoms with Crippen molar-refractivity contribution in [2.75, 3.05) is 13.7 Å². The molecule has 4 heteroatoms. The van der Waals surface area contributed by atoms with E-state index in [1.54, 1.807) is 7.11 Å². The number of carboxylic acids is 1. The molecular formula is C14H24O4. The molecule has 0 aromatic carbocycles. The van der Waals surface area contributed by atoms with Crippen LogP contribution in [-0.2, 0) is 14.3 Å². The van der Waals surface area contributed by atoms with Gasteiger partial charge in [-0.05, 0) is 24.7 Å². The van der Waals surface area contributed by atoms with Gasteiger partial charge in [-0.25, -0.2) is 0 Å². The maximum Gasteiger partial charge on any atom is 0.306 e. The summed E-state index contributed by atoms with van der Waals surface area (Å²) in [7, 11) is 1.57. The zero-order valence-electron chi connectivity index (χ0n) is 11.5. The number of carbonyl (C=O) groups excluding carboxylic acids is 1. The topological polar surface area (TPSA) is 63.6 Å². The van der Waals surface area contributed by atoms with E-state index in [9.17, 15) is 9.59 Å². The first-order valence-corrected chi connectivity index (χ1v) is 6.79. The number of ketones is 1. The minimum Gasteiger partial charge on any atom is -0.481 e. The molecule has 2 fully saturated rings. The van der Waals surface area contributed by atoms with E-state index in [0.29, 0.717) is 24.4 Å². The number of Topliss-reactive ketones (excluding diaryl/α,β-unsaturated/α-hetero) is 1. The monoisotopic (exact) mass is 256 g/mol. The number of hydrogen-bond donors (Lipinski definition) is 1. The third kappa shape index (κ3) is 4.41. The second-order valence-electron chi connectivity index (χ2n) is 5.26. The van der Waals surface area contributed by atoms with Gasteiger partial charge in [0.15, 0.2) is 5.78 Å². The van der Waals surface area contributed by atoms with Gasteiger partial charge < -0.3 is 9.84 Å². The van der Waals surface area contributed by atoms with Gasteiger partial charge in [0.25, 0.3) is 0 Å². The molecule has 0 saturated heterocycles. The SMILES string of the molecule is CCC1CC1C(=O)COC.CCC1CC1C(=O)O. The fourth-order valence-corrected chi connectivity index (χ4v) is 2.34. The van der Waals surface area contributed by atoms with Crippen LogP contribution in [0.2, 0.25) is 0 Å². The summed E-state index contributed by atoms with van der Waals surface area (Å²) in [5.74, 6) is 1.17. The molecule has 1 N–H and O–H groups in total. The smallest absolute Gasteiger partial charge is 0.306 e. The molecule has 2 aliphatic rings. The van der Waals surface area contributed by atoms with Crippen molar-refractivity contribution in [1.29, 1.82) is 0 Å². The predicted molar refractivity (Wildman–Crippen MR) is 68.3 cm³/mol. The molecule has 2 aliphatic carbocycles. The van der Waals surface area contributed by atoms with E-state index in [-0.39, 0.29) is 11.7 Å². The number of rotatable bonds is 6. The Morgan fingerprint density at radius 1 is 1.11 bits per heavy atom. The molecule has 104 valence electrons. The van der Waals surface area contributed by atoms with Gasteiger partial charge in [0.1, 0.15) is 6.61 Å². The third-order valence-corrected chi connectivity index (χ3v) is 3.91. The van der Waals surface area contributed by atoms with Crippen LogP contribution in [0.1, 0.15) is 39.5 Å². The molecule has 2 rings (SSSR count). The Morgan fingerprint density at radius 3 is 1.89 bits per heavy atom. The van der Waals surface area contributed by atoms with Crippen LogP contribution in [-0.4, -0.2) is 30.6 Å². The van der Waals surface area contributed by atoms with E-state index in [1.807, 2.05) is 6.92 Å². The Hall–Kier alpha value is -0.900. The Kier molecular flexibility index (Phi) is 5.79. The van der Waals surface area contributed by atoms with Crippen LogP contribution >= 0.6 is 0 Å². The quantitative estimate of drug-likeness (QED) is 0.792. The number of carboxylic acid groups (broad SMARTS) is 1. The normalized spacial score (nSPS) is 32.2. The number of carbonyl (C=O) groups is 2. The van der Waals surface area contributed by atoms with Crippen molar-refractivity contribution in [3.05, 3.63) is 0 Å². The largest absolute Gasteiger partial charge is 0.481 e. The van der Waals surface area contributed by atoms with Gasteiger partial charge in [-0.15, -0.1) is 0 Å². The van der Waals surface area contributed by atoms with Crippen molar-refractivity contribution in [3.63, 3.8) is 0 Å². The lowest BCUT2D eigenvalue weighted by Gasteiger charge is -1.95. The minimum atomic E-state index is -0.614. The van der Waals surface area contributed by atoms with Gasteiger partial charge in [0, 0.05) is 13.0 Å². The highest BCUT2D eigenvalue weighted by atomic mass is 16.5. The van der Waals surface area contributed by atoms with Crippen molar-refractivity contribution in [1.82, 2.24) is 0 Å². The molecule has 0 amide bonds. The summed E-state index contributed by atoms with van der Waals surface area (Å²) in [6, 6.07) is 0. The molecule has 0 aliphatic heterocycles. The summed E-state index contributed by atoms with van der Waals surface area (Å²) in [6.07, 6.45) is 4.17. The fraction of sp³-hybridized carbons (Fsp3) is 0.857. The van der Waals surface area contributed by atoms with E-state index >= 15 is 0 Å². The Bertz CT molecular complexity index is 300. The minimum absolute atomic E-state index is 0.000000000000000222. The van der Waals surface area contributed by atoms with Crippen molar-refractivity contribution in [3.8, 4) is 0 Å². The summed E-state index contributed by atoms with van der Waals surface area (Å²) in [4.78, 5) is 21.2. The molecule has 0 aromatic heterocycles. The van der Waals surface area contributed by atoms with Crippen LogP contribution in [0.15, 0.2) is 0 Å². The summed E-state index contributed by atoms with van der Waals surface area (Å²) in [6.45, 7) is 4.47. The van der Waals surface area contributed by atoms with Crippen molar-refractivity contribution < 1.29 is 19.4 Å².